The first-order valence-electron chi connectivity index (χ1n) is 6.28. The number of nitrogens with zero attached hydrogens (tertiary/aromatic N) is 1. The number of carbonyl (C=O) groups excluding carboxylic acids is 1. The molecule has 0 atom stereocenters. The van der Waals surface area contributed by atoms with Crippen LogP contribution >= 0.6 is 11.3 Å². The van der Waals surface area contributed by atoms with E-state index in [0.29, 0.717) is 6.54 Å². The summed E-state index contributed by atoms with van der Waals surface area (Å²) in [7, 11) is 0. The van der Waals surface area contributed by atoms with Crippen LogP contribution in [0.5, 0.6) is 0 Å². The molecule has 1 aromatic carbocycles. The molecule has 0 bridgehead atoms. The van der Waals surface area contributed by atoms with Crippen molar-refractivity contribution in [2.24, 2.45) is 5.73 Å². The molecule has 4 nitrogen and oxygen atoms in total. The average Bonchev–Trinajstić information content (AvgIpc) is 2.89. The molecule has 0 radical (unpaired) electrons. The second-order valence-electron chi connectivity index (χ2n) is 4.23. The molecule has 108 valence electrons. The lowest BCUT2D eigenvalue weighted by atomic mass is 10.1. The number of nitrogens with one attached hydrogen (secondary N) is 1. The summed E-state index contributed by atoms with van der Waals surface area (Å²) >= 11 is 1.51. The van der Waals surface area contributed by atoms with Crippen LogP contribution in [0.25, 0.3) is 0 Å². The standard InChI is InChI=1S/C15H14FN3OS/c1-10-18-8-13(21-10)9-19-15(20)12-5-4-11(3-2-6-17)14(16)7-12/h4-5,7-8H,6,9,17H2,1H3,(H,19,20). The van der Waals surface area contributed by atoms with Crippen LogP contribution in [-0.2, 0) is 6.54 Å². The first kappa shape index (κ1) is 15.2. The van der Waals surface area contributed by atoms with Gasteiger partial charge in [0.05, 0.1) is 23.7 Å². The topological polar surface area (TPSA) is 68.0 Å². The molecule has 0 saturated carbocycles. The van der Waals surface area contributed by atoms with Crippen molar-refractivity contribution >= 4 is 17.2 Å². The van der Waals surface area contributed by atoms with Crippen molar-refractivity contribution < 1.29 is 9.18 Å². The van der Waals surface area contributed by atoms with Gasteiger partial charge in [0.25, 0.3) is 5.91 Å². The first-order chi connectivity index (χ1) is 10.1. The van der Waals surface area contributed by atoms with Crippen LogP contribution < -0.4 is 11.1 Å². The van der Waals surface area contributed by atoms with E-state index in [2.05, 4.69) is 22.1 Å². The minimum atomic E-state index is -0.530. The predicted molar refractivity (Wildman–Crippen MR) is 80.4 cm³/mol. The van der Waals surface area contributed by atoms with Crippen LogP contribution in [0.2, 0.25) is 0 Å². The highest BCUT2D eigenvalue weighted by Gasteiger charge is 2.09. The third kappa shape index (κ3) is 4.12. The Morgan fingerprint density at radius 3 is 2.95 bits per heavy atom. The summed E-state index contributed by atoms with van der Waals surface area (Å²) in [5.74, 6) is 4.32. The normalized spacial score (nSPS) is 9.86. The van der Waals surface area contributed by atoms with E-state index in [1.807, 2.05) is 6.92 Å². The molecule has 0 saturated heterocycles. The van der Waals surface area contributed by atoms with Crippen LogP contribution in [0.3, 0.4) is 0 Å². The van der Waals surface area contributed by atoms with Crippen molar-refractivity contribution in [3.63, 3.8) is 0 Å². The lowest BCUT2D eigenvalue weighted by Crippen LogP contribution is -2.22. The molecular formula is C15H14FN3OS. The van der Waals surface area contributed by atoms with Crippen molar-refractivity contribution in [1.29, 1.82) is 0 Å². The van der Waals surface area contributed by atoms with Gasteiger partial charge < -0.3 is 11.1 Å². The molecule has 2 rings (SSSR count). The maximum Gasteiger partial charge on any atom is 0.251 e. The molecule has 2 aromatic rings. The zero-order valence-corrected chi connectivity index (χ0v) is 12.3. The molecule has 0 aliphatic carbocycles. The number of rotatable bonds is 3. The number of hydrogen-bond donors (Lipinski definition) is 2. The number of benzene rings is 1. The third-order valence-electron chi connectivity index (χ3n) is 2.65. The fourth-order valence-electron chi connectivity index (χ4n) is 1.66. The number of halogens is 1. The van der Waals surface area contributed by atoms with E-state index in [9.17, 15) is 9.18 Å². The van der Waals surface area contributed by atoms with E-state index in [1.165, 1.54) is 29.5 Å². The Hall–Kier alpha value is -2.23. The van der Waals surface area contributed by atoms with E-state index in [0.717, 1.165) is 9.88 Å². The SMILES string of the molecule is Cc1ncc(CNC(=O)c2ccc(C#CCN)c(F)c2)s1. The maximum absolute atomic E-state index is 13.8. The van der Waals surface area contributed by atoms with Gasteiger partial charge in [-0.1, -0.05) is 11.8 Å². The lowest BCUT2D eigenvalue weighted by Gasteiger charge is -2.04. The van der Waals surface area contributed by atoms with Crippen LogP contribution in [0.4, 0.5) is 4.39 Å². The molecule has 3 N–H and O–H groups in total. The van der Waals surface area contributed by atoms with Crippen molar-refractivity contribution in [2.45, 2.75) is 13.5 Å². The average molecular weight is 303 g/mol. The number of aromatic nitrogens is 1. The van der Waals surface area contributed by atoms with Crippen LogP contribution in [0.15, 0.2) is 24.4 Å². The Bertz CT molecular complexity index is 715. The van der Waals surface area contributed by atoms with Gasteiger partial charge in [-0.2, -0.15) is 0 Å². The summed E-state index contributed by atoms with van der Waals surface area (Å²) in [6.07, 6.45) is 1.71. The van der Waals surface area contributed by atoms with Gasteiger partial charge >= 0.3 is 0 Å². The number of amides is 1. The van der Waals surface area contributed by atoms with E-state index in [1.54, 1.807) is 6.20 Å². The van der Waals surface area contributed by atoms with E-state index in [-0.39, 0.29) is 23.6 Å². The van der Waals surface area contributed by atoms with E-state index < -0.39 is 5.82 Å². The largest absolute Gasteiger partial charge is 0.347 e. The van der Waals surface area contributed by atoms with Gasteiger partial charge in [0.15, 0.2) is 0 Å². The molecule has 0 spiro atoms. The highest BCUT2D eigenvalue weighted by Crippen LogP contribution is 2.12. The van der Waals surface area contributed by atoms with E-state index in [4.69, 9.17) is 5.73 Å². The zero-order valence-electron chi connectivity index (χ0n) is 11.4. The van der Waals surface area contributed by atoms with E-state index >= 15 is 0 Å². The van der Waals surface area contributed by atoms with Crippen molar-refractivity contribution in [3.8, 4) is 11.8 Å². The van der Waals surface area contributed by atoms with Gasteiger partial charge in [0.1, 0.15) is 5.82 Å². The summed E-state index contributed by atoms with van der Waals surface area (Å²) in [5, 5.41) is 3.67. The van der Waals surface area contributed by atoms with Crippen LogP contribution in [0, 0.1) is 24.6 Å². The molecule has 0 aliphatic rings. The Labute approximate surface area is 126 Å². The second-order valence-corrected chi connectivity index (χ2v) is 5.55. The Morgan fingerprint density at radius 2 is 2.33 bits per heavy atom. The minimum absolute atomic E-state index is 0.163. The molecule has 0 aliphatic heterocycles. The highest BCUT2D eigenvalue weighted by atomic mass is 32.1. The summed E-state index contributed by atoms with van der Waals surface area (Å²) in [4.78, 5) is 17.0. The quantitative estimate of drug-likeness (QED) is 0.850. The first-order valence-corrected chi connectivity index (χ1v) is 7.10. The fourth-order valence-corrected chi connectivity index (χ4v) is 2.40. The number of nitrogens with two attached hydrogens (primary N) is 1. The van der Waals surface area contributed by atoms with Crippen LogP contribution in [-0.4, -0.2) is 17.4 Å². The molecule has 1 amide bonds. The third-order valence-corrected chi connectivity index (χ3v) is 3.56. The van der Waals surface area contributed by atoms with Gasteiger partial charge in [-0.25, -0.2) is 9.37 Å². The maximum atomic E-state index is 13.8. The van der Waals surface area contributed by atoms with Crippen molar-refractivity contribution in [2.75, 3.05) is 6.54 Å². The number of aryl methyl sites for hydroxylation is 1. The smallest absolute Gasteiger partial charge is 0.251 e. The van der Waals surface area contributed by atoms with Gasteiger partial charge in [-0.15, -0.1) is 11.3 Å². The van der Waals surface area contributed by atoms with Gasteiger partial charge in [0, 0.05) is 16.6 Å². The van der Waals surface area contributed by atoms with Gasteiger partial charge in [-0.3, -0.25) is 4.79 Å². The zero-order chi connectivity index (χ0) is 15.2. The summed E-state index contributed by atoms with van der Waals surface area (Å²) < 4.78 is 13.8. The highest BCUT2D eigenvalue weighted by molar-refractivity contribution is 7.11. The second kappa shape index (κ2) is 6.97. The van der Waals surface area contributed by atoms with Crippen molar-refractivity contribution in [1.82, 2.24) is 10.3 Å². The summed E-state index contributed by atoms with van der Waals surface area (Å²) in [5.41, 5.74) is 5.72. The van der Waals surface area contributed by atoms with Crippen LogP contribution in [0.1, 0.15) is 25.8 Å². The predicted octanol–water partition coefficient (Wildman–Crippen LogP) is 1.83. The molecule has 1 heterocycles. The van der Waals surface area contributed by atoms with Gasteiger partial charge in [-0.05, 0) is 25.1 Å². The molecule has 0 fully saturated rings. The van der Waals surface area contributed by atoms with Crippen molar-refractivity contribution in [3.05, 3.63) is 51.2 Å². The number of carbonyl (C=O) groups is 1. The Morgan fingerprint density at radius 1 is 1.52 bits per heavy atom. The number of thiazole rings is 1. The fraction of sp³-hybridized carbons (Fsp3) is 0.200. The summed E-state index contributed by atoms with van der Waals surface area (Å²) in [6, 6.07) is 4.19. The Kier molecular flexibility index (Phi) is 5.04. The lowest BCUT2D eigenvalue weighted by molar-refractivity contribution is 0.0951. The molecule has 6 heteroatoms. The molecule has 21 heavy (non-hydrogen) atoms. The minimum Gasteiger partial charge on any atom is -0.347 e. The molecular weight excluding hydrogens is 289 g/mol. The monoisotopic (exact) mass is 303 g/mol. The summed E-state index contributed by atoms with van der Waals surface area (Å²) in [6.45, 7) is 2.43. The van der Waals surface area contributed by atoms with Gasteiger partial charge in [0.2, 0.25) is 0 Å². The molecule has 0 unspecified atom stereocenters. The Balaban J connectivity index is 2.04. The number of hydrogen-bond acceptors (Lipinski definition) is 4. The molecule has 1 aromatic heterocycles.